The van der Waals surface area contributed by atoms with Crippen molar-refractivity contribution in [3.63, 3.8) is 0 Å². The quantitative estimate of drug-likeness (QED) is 0.564. The van der Waals surface area contributed by atoms with Crippen molar-refractivity contribution in [3.05, 3.63) is 83.1 Å². The lowest BCUT2D eigenvalue weighted by atomic mass is 9.94. The Balaban J connectivity index is 2.21. The van der Waals surface area contributed by atoms with Crippen molar-refractivity contribution in [1.82, 2.24) is 4.72 Å². The van der Waals surface area contributed by atoms with Crippen molar-refractivity contribution < 1.29 is 0 Å². The van der Waals surface area contributed by atoms with Crippen LogP contribution in [0.4, 0.5) is 0 Å². The van der Waals surface area contributed by atoms with E-state index in [9.17, 15) is 0 Å². The Kier molecular flexibility index (Phi) is 5.44. The summed E-state index contributed by atoms with van der Waals surface area (Å²) in [6.45, 7) is 11.2. The second kappa shape index (κ2) is 7.75. The van der Waals surface area contributed by atoms with E-state index >= 15 is 0 Å². The topological polar surface area (TPSA) is 24.4 Å². The highest BCUT2D eigenvalue weighted by Crippen LogP contribution is 2.36. The van der Waals surface area contributed by atoms with Crippen LogP contribution in [0.2, 0.25) is 0 Å². The molecule has 3 heteroatoms. The smallest absolute Gasteiger partial charge is 0.0895 e. The molecule has 0 aromatic heterocycles. The maximum atomic E-state index is 4.83. The fraction of sp³-hybridized carbons (Fsp3) is 0.227. The van der Waals surface area contributed by atoms with Crippen LogP contribution in [0.25, 0.3) is 5.57 Å². The van der Waals surface area contributed by atoms with E-state index in [1.807, 2.05) is 6.08 Å². The molecule has 0 bridgehead atoms. The van der Waals surface area contributed by atoms with Gasteiger partial charge in [-0.1, -0.05) is 49.9 Å². The van der Waals surface area contributed by atoms with Gasteiger partial charge in [-0.05, 0) is 61.0 Å². The van der Waals surface area contributed by atoms with Gasteiger partial charge in [0.25, 0.3) is 0 Å². The van der Waals surface area contributed by atoms with Crippen LogP contribution in [-0.2, 0) is 6.42 Å². The van der Waals surface area contributed by atoms with Crippen molar-refractivity contribution >= 4 is 23.2 Å². The molecule has 0 fully saturated rings. The molecule has 0 aliphatic carbocycles. The number of benzene rings is 2. The van der Waals surface area contributed by atoms with Gasteiger partial charge < -0.3 is 4.72 Å². The molecule has 128 valence electrons. The molecule has 1 heterocycles. The molecule has 0 amide bonds. The third-order valence-electron chi connectivity index (χ3n) is 4.43. The first-order valence-electron chi connectivity index (χ1n) is 8.73. The summed E-state index contributed by atoms with van der Waals surface area (Å²) in [6, 6.07) is 15.1. The summed E-state index contributed by atoms with van der Waals surface area (Å²) in [7, 11) is 0. The predicted octanol–water partition coefficient (Wildman–Crippen LogP) is 5.57. The molecule has 0 unspecified atom stereocenters. The van der Waals surface area contributed by atoms with E-state index in [4.69, 9.17) is 4.99 Å². The predicted molar refractivity (Wildman–Crippen MR) is 110 cm³/mol. The largest absolute Gasteiger partial charge is 0.323 e. The fourth-order valence-corrected chi connectivity index (χ4v) is 3.91. The first kappa shape index (κ1) is 17.6. The molecule has 2 aromatic rings. The average molecular weight is 349 g/mol. The summed E-state index contributed by atoms with van der Waals surface area (Å²) in [5, 5.41) is 0. The lowest BCUT2D eigenvalue weighted by molar-refractivity contribution is 1.10. The molecule has 0 atom stereocenters. The Hall–Kier alpha value is -2.26. The number of hydrogen-bond donors (Lipinski definition) is 1. The van der Waals surface area contributed by atoms with Crippen molar-refractivity contribution in [2.75, 3.05) is 6.54 Å². The molecule has 1 aliphatic rings. The van der Waals surface area contributed by atoms with Crippen molar-refractivity contribution in [3.8, 4) is 0 Å². The Morgan fingerprint density at radius 1 is 1.20 bits per heavy atom. The van der Waals surface area contributed by atoms with Crippen LogP contribution < -0.4 is 4.72 Å². The van der Waals surface area contributed by atoms with Gasteiger partial charge in [0.15, 0.2) is 0 Å². The maximum absolute atomic E-state index is 4.83. The number of allylic oxidation sites excluding steroid dienone is 3. The van der Waals surface area contributed by atoms with Gasteiger partial charge in [-0.25, -0.2) is 0 Å². The Bertz CT molecular complexity index is 862. The number of rotatable bonds is 5. The molecule has 2 aromatic carbocycles. The number of nitrogens with one attached hydrogen (secondary N) is 1. The van der Waals surface area contributed by atoms with E-state index in [1.54, 1.807) is 11.9 Å². The first-order chi connectivity index (χ1) is 12.2. The normalized spacial score (nSPS) is 14.1. The summed E-state index contributed by atoms with van der Waals surface area (Å²) in [5.41, 5.74) is 8.16. The Morgan fingerprint density at radius 2 is 2.00 bits per heavy atom. The van der Waals surface area contributed by atoms with Gasteiger partial charge in [-0.2, -0.15) is 0 Å². The van der Waals surface area contributed by atoms with E-state index in [0.29, 0.717) is 0 Å². The number of fused-ring (bicyclic) bond motifs is 1. The van der Waals surface area contributed by atoms with Crippen molar-refractivity contribution in [1.29, 1.82) is 0 Å². The van der Waals surface area contributed by atoms with Crippen LogP contribution >= 0.6 is 11.9 Å². The summed E-state index contributed by atoms with van der Waals surface area (Å²) >= 11 is 1.65. The van der Waals surface area contributed by atoms with E-state index in [-0.39, 0.29) is 0 Å². The molecule has 0 radical (unpaired) electrons. The second-order valence-electron chi connectivity index (χ2n) is 6.02. The highest BCUT2D eigenvalue weighted by molar-refractivity contribution is 7.97. The minimum atomic E-state index is 0.742. The van der Waals surface area contributed by atoms with Crippen LogP contribution in [-0.4, -0.2) is 12.3 Å². The van der Waals surface area contributed by atoms with Crippen LogP contribution in [0.3, 0.4) is 0 Å². The van der Waals surface area contributed by atoms with Gasteiger partial charge in [-0.3, -0.25) is 4.99 Å². The molecular formula is C22H24N2S. The van der Waals surface area contributed by atoms with Crippen LogP contribution in [0.5, 0.6) is 0 Å². The standard InChI is InChI=1S/C22H24N2S/c1-5-16-12-13-20-19(14-16)17(6-2)22(24-25-20)21(23-7-3)18-11-9-8-10-15(18)4/h6,8-14,24H,2,5,7H2,1,3-4H3/b23-21-. The first-order valence-corrected chi connectivity index (χ1v) is 9.54. The summed E-state index contributed by atoms with van der Waals surface area (Å²) in [4.78, 5) is 6.06. The minimum absolute atomic E-state index is 0.742. The monoisotopic (exact) mass is 348 g/mol. The Morgan fingerprint density at radius 3 is 2.68 bits per heavy atom. The molecule has 2 nitrogen and oxygen atoms in total. The van der Waals surface area contributed by atoms with Gasteiger partial charge in [-0.15, -0.1) is 0 Å². The molecule has 0 saturated heterocycles. The van der Waals surface area contributed by atoms with E-state index in [1.165, 1.54) is 27.1 Å². The number of aryl methyl sites for hydroxylation is 2. The molecule has 0 saturated carbocycles. The van der Waals surface area contributed by atoms with Gasteiger partial charge >= 0.3 is 0 Å². The molecular weight excluding hydrogens is 324 g/mol. The Labute approximate surface area is 154 Å². The van der Waals surface area contributed by atoms with Gasteiger partial charge in [0.05, 0.1) is 11.4 Å². The highest BCUT2D eigenvalue weighted by Gasteiger charge is 2.23. The third-order valence-corrected chi connectivity index (χ3v) is 5.31. The SMILES string of the molecule is C=CC1=C(/C(=N\CC)c2ccccc2C)NSc2ccc(CC)cc21. The van der Waals surface area contributed by atoms with E-state index < -0.39 is 0 Å². The van der Waals surface area contributed by atoms with Crippen molar-refractivity contribution in [2.24, 2.45) is 4.99 Å². The van der Waals surface area contributed by atoms with Gasteiger partial charge in [0.1, 0.15) is 0 Å². The minimum Gasteiger partial charge on any atom is -0.323 e. The number of nitrogens with zero attached hydrogens (tertiary/aromatic N) is 1. The van der Waals surface area contributed by atoms with Crippen LogP contribution in [0.15, 0.2) is 70.7 Å². The number of hydrogen-bond acceptors (Lipinski definition) is 3. The fourth-order valence-electron chi connectivity index (χ4n) is 3.08. The maximum Gasteiger partial charge on any atom is 0.0895 e. The highest BCUT2D eigenvalue weighted by atomic mass is 32.2. The molecule has 1 N–H and O–H groups in total. The molecule has 25 heavy (non-hydrogen) atoms. The van der Waals surface area contributed by atoms with Crippen LogP contribution in [0, 0.1) is 6.92 Å². The zero-order valence-corrected chi connectivity index (χ0v) is 15.9. The zero-order valence-electron chi connectivity index (χ0n) is 15.1. The van der Waals surface area contributed by atoms with Crippen molar-refractivity contribution in [2.45, 2.75) is 32.1 Å². The number of aliphatic imine (C=N–C) groups is 1. The van der Waals surface area contributed by atoms with Gasteiger partial charge in [0, 0.05) is 22.6 Å². The average Bonchev–Trinajstić information content (AvgIpc) is 2.65. The molecule has 0 spiro atoms. The van der Waals surface area contributed by atoms with Gasteiger partial charge in [0.2, 0.25) is 0 Å². The van der Waals surface area contributed by atoms with E-state index in [2.05, 4.69) is 74.5 Å². The summed E-state index contributed by atoms with van der Waals surface area (Å²) in [5.74, 6) is 0. The lowest BCUT2D eigenvalue weighted by Crippen LogP contribution is -2.22. The summed E-state index contributed by atoms with van der Waals surface area (Å²) in [6.07, 6.45) is 2.97. The molecule has 3 rings (SSSR count). The molecule has 1 aliphatic heterocycles. The van der Waals surface area contributed by atoms with Crippen LogP contribution in [0.1, 0.15) is 36.1 Å². The summed E-state index contributed by atoms with van der Waals surface area (Å²) < 4.78 is 3.52. The van der Waals surface area contributed by atoms with E-state index in [0.717, 1.165) is 29.9 Å². The third kappa shape index (κ3) is 3.42. The second-order valence-corrected chi connectivity index (χ2v) is 6.87. The lowest BCUT2D eigenvalue weighted by Gasteiger charge is -2.25. The zero-order chi connectivity index (χ0) is 17.8.